The number of aromatic nitrogens is 2. The second kappa shape index (κ2) is 7.35. The first kappa shape index (κ1) is 18.2. The summed E-state index contributed by atoms with van der Waals surface area (Å²) in [6.45, 7) is 9.18. The van der Waals surface area contributed by atoms with Gasteiger partial charge in [0.05, 0.1) is 6.54 Å². The number of carbonyl (C=O) groups is 2. The monoisotopic (exact) mass is 358 g/mol. The van der Waals surface area contributed by atoms with Gasteiger partial charge in [0.25, 0.3) is 5.91 Å². The molecule has 1 N–H and O–H groups in total. The zero-order chi connectivity index (χ0) is 18.8. The lowest BCUT2D eigenvalue weighted by molar-refractivity contribution is -0.130. The van der Waals surface area contributed by atoms with Crippen molar-refractivity contribution in [1.29, 1.82) is 0 Å². The lowest BCUT2D eigenvalue weighted by atomic mass is 10.0. The Hall–Kier alpha value is -2.57. The second-order valence-electron chi connectivity index (χ2n) is 6.90. The van der Waals surface area contributed by atoms with Crippen molar-refractivity contribution in [3.05, 3.63) is 40.9 Å². The van der Waals surface area contributed by atoms with Crippen LogP contribution in [0.25, 0.3) is 0 Å². The third-order valence-corrected chi connectivity index (χ3v) is 5.04. The minimum atomic E-state index is -0.195. The number of aryl methyl sites for hydroxylation is 2. The summed E-state index contributed by atoms with van der Waals surface area (Å²) in [6.07, 6.45) is 1.76. The van der Waals surface area contributed by atoms with Crippen molar-refractivity contribution in [1.82, 2.24) is 19.8 Å². The topological polar surface area (TPSA) is 80.4 Å². The van der Waals surface area contributed by atoms with Gasteiger partial charge >= 0.3 is 0 Å². The molecule has 3 heterocycles. The third kappa shape index (κ3) is 3.66. The quantitative estimate of drug-likeness (QED) is 0.911. The molecule has 1 aliphatic heterocycles. The van der Waals surface area contributed by atoms with E-state index in [1.807, 2.05) is 37.8 Å². The van der Waals surface area contributed by atoms with Gasteiger partial charge in [-0.25, -0.2) is 4.98 Å². The molecule has 26 heavy (non-hydrogen) atoms. The first-order chi connectivity index (χ1) is 12.4. The van der Waals surface area contributed by atoms with E-state index in [1.54, 1.807) is 6.92 Å². The average Bonchev–Trinajstić information content (AvgIpc) is 3.15. The van der Waals surface area contributed by atoms with Gasteiger partial charge in [-0.3, -0.25) is 9.59 Å². The van der Waals surface area contributed by atoms with Gasteiger partial charge in [0, 0.05) is 31.7 Å². The number of nitrogens with one attached hydrogen (secondary N) is 1. The standard InChI is InChI=1S/C19H26N4O3/c1-12-5-6-17(26-12)11-20-19(25)18-13(2)23(14(3)21-18)16-7-9-22(10-8-16)15(4)24/h5-6,16H,7-11H2,1-4H3,(H,20,25). The van der Waals surface area contributed by atoms with Gasteiger partial charge in [-0.2, -0.15) is 0 Å². The van der Waals surface area contributed by atoms with E-state index in [-0.39, 0.29) is 17.9 Å². The predicted octanol–water partition coefficient (Wildman–Crippen LogP) is 2.51. The fourth-order valence-corrected chi connectivity index (χ4v) is 3.68. The lowest BCUT2D eigenvalue weighted by Gasteiger charge is -2.33. The number of hydrogen-bond donors (Lipinski definition) is 1. The molecule has 0 saturated carbocycles. The van der Waals surface area contributed by atoms with Crippen molar-refractivity contribution in [3.63, 3.8) is 0 Å². The van der Waals surface area contributed by atoms with Crippen LogP contribution >= 0.6 is 0 Å². The maximum absolute atomic E-state index is 12.6. The number of carbonyl (C=O) groups excluding carboxylic acids is 2. The molecule has 2 amide bonds. The van der Waals surface area contributed by atoms with Gasteiger partial charge in [-0.1, -0.05) is 0 Å². The lowest BCUT2D eigenvalue weighted by Crippen LogP contribution is -2.38. The van der Waals surface area contributed by atoms with Crippen LogP contribution in [-0.2, 0) is 11.3 Å². The smallest absolute Gasteiger partial charge is 0.272 e. The Morgan fingerprint density at radius 3 is 2.50 bits per heavy atom. The Kier molecular flexibility index (Phi) is 5.15. The molecule has 1 saturated heterocycles. The highest BCUT2D eigenvalue weighted by molar-refractivity contribution is 5.93. The highest BCUT2D eigenvalue weighted by atomic mass is 16.3. The van der Waals surface area contributed by atoms with Crippen LogP contribution in [0.4, 0.5) is 0 Å². The van der Waals surface area contributed by atoms with Crippen molar-refractivity contribution >= 4 is 11.8 Å². The number of rotatable bonds is 4. The molecule has 140 valence electrons. The Morgan fingerprint density at radius 2 is 1.92 bits per heavy atom. The second-order valence-corrected chi connectivity index (χ2v) is 6.90. The summed E-state index contributed by atoms with van der Waals surface area (Å²) in [5.74, 6) is 2.31. The van der Waals surface area contributed by atoms with Gasteiger partial charge in [-0.15, -0.1) is 0 Å². The average molecular weight is 358 g/mol. The van der Waals surface area contributed by atoms with E-state index < -0.39 is 0 Å². The van der Waals surface area contributed by atoms with E-state index in [0.29, 0.717) is 12.2 Å². The third-order valence-electron chi connectivity index (χ3n) is 5.04. The van der Waals surface area contributed by atoms with Crippen molar-refractivity contribution < 1.29 is 14.0 Å². The maximum Gasteiger partial charge on any atom is 0.272 e. The molecule has 0 spiro atoms. The summed E-state index contributed by atoms with van der Waals surface area (Å²) in [5.41, 5.74) is 1.33. The number of imidazole rings is 1. The molecule has 7 nitrogen and oxygen atoms in total. The zero-order valence-corrected chi connectivity index (χ0v) is 15.8. The SMILES string of the molecule is CC(=O)N1CCC(n2c(C)nc(C(=O)NCc3ccc(C)o3)c2C)CC1. The molecule has 1 fully saturated rings. The number of amides is 2. The number of nitrogens with zero attached hydrogens (tertiary/aromatic N) is 3. The molecular formula is C19H26N4O3. The molecular weight excluding hydrogens is 332 g/mol. The Labute approximate surface area is 153 Å². The van der Waals surface area contributed by atoms with Gasteiger partial charge in [0.1, 0.15) is 23.0 Å². The van der Waals surface area contributed by atoms with E-state index >= 15 is 0 Å². The van der Waals surface area contributed by atoms with Crippen LogP contribution in [0.1, 0.15) is 59.3 Å². The van der Waals surface area contributed by atoms with E-state index in [0.717, 1.165) is 49.0 Å². The van der Waals surface area contributed by atoms with E-state index in [1.165, 1.54) is 0 Å². The number of hydrogen-bond acceptors (Lipinski definition) is 4. The Morgan fingerprint density at radius 1 is 1.23 bits per heavy atom. The fourth-order valence-electron chi connectivity index (χ4n) is 3.68. The summed E-state index contributed by atoms with van der Waals surface area (Å²) in [5, 5.41) is 2.87. The molecule has 3 rings (SSSR count). The van der Waals surface area contributed by atoms with Crippen LogP contribution in [-0.4, -0.2) is 39.4 Å². The minimum absolute atomic E-state index is 0.121. The van der Waals surface area contributed by atoms with Gasteiger partial charge in [0.15, 0.2) is 0 Å². The number of furan rings is 1. The van der Waals surface area contributed by atoms with Crippen molar-refractivity contribution in [3.8, 4) is 0 Å². The zero-order valence-electron chi connectivity index (χ0n) is 15.8. The molecule has 0 unspecified atom stereocenters. The van der Waals surface area contributed by atoms with Gasteiger partial charge in [-0.05, 0) is 45.7 Å². The summed E-state index contributed by atoms with van der Waals surface area (Å²) in [7, 11) is 0. The molecule has 0 aliphatic carbocycles. The highest BCUT2D eigenvalue weighted by Crippen LogP contribution is 2.27. The highest BCUT2D eigenvalue weighted by Gasteiger charge is 2.26. The number of piperidine rings is 1. The summed E-state index contributed by atoms with van der Waals surface area (Å²) < 4.78 is 7.62. The van der Waals surface area contributed by atoms with Crippen LogP contribution in [0.3, 0.4) is 0 Å². The van der Waals surface area contributed by atoms with Crippen LogP contribution in [0.15, 0.2) is 16.5 Å². The molecule has 1 aliphatic rings. The number of likely N-dealkylation sites (tertiary alicyclic amines) is 1. The van der Waals surface area contributed by atoms with Crippen molar-refractivity contribution in [2.45, 2.75) is 53.1 Å². The van der Waals surface area contributed by atoms with E-state index in [4.69, 9.17) is 4.42 Å². The normalized spacial score (nSPS) is 15.3. The molecule has 0 bridgehead atoms. The molecule has 0 radical (unpaired) electrons. The predicted molar refractivity (Wildman–Crippen MR) is 96.8 cm³/mol. The largest absolute Gasteiger partial charge is 0.465 e. The Balaban J connectivity index is 1.69. The summed E-state index contributed by atoms with van der Waals surface area (Å²) in [6, 6.07) is 4.00. The molecule has 7 heteroatoms. The Bertz CT molecular complexity index is 813. The first-order valence-corrected chi connectivity index (χ1v) is 9.01. The summed E-state index contributed by atoms with van der Waals surface area (Å²) in [4.78, 5) is 30.4. The van der Waals surface area contributed by atoms with Gasteiger partial charge in [0.2, 0.25) is 5.91 Å². The van der Waals surface area contributed by atoms with Crippen LogP contribution in [0, 0.1) is 20.8 Å². The van der Waals surface area contributed by atoms with Gasteiger partial charge < -0.3 is 19.2 Å². The molecule has 0 atom stereocenters. The maximum atomic E-state index is 12.6. The van der Waals surface area contributed by atoms with Crippen LogP contribution < -0.4 is 5.32 Å². The molecule has 2 aromatic rings. The fraction of sp³-hybridized carbons (Fsp3) is 0.526. The summed E-state index contributed by atoms with van der Waals surface area (Å²) >= 11 is 0. The van der Waals surface area contributed by atoms with E-state index in [2.05, 4.69) is 14.9 Å². The van der Waals surface area contributed by atoms with Crippen LogP contribution in [0.5, 0.6) is 0 Å². The van der Waals surface area contributed by atoms with E-state index in [9.17, 15) is 9.59 Å². The molecule has 0 aromatic carbocycles. The van der Waals surface area contributed by atoms with Crippen molar-refractivity contribution in [2.75, 3.05) is 13.1 Å². The van der Waals surface area contributed by atoms with Crippen LogP contribution in [0.2, 0.25) is 0 Å². The molecule has 2 aromatic heterocycles. The van der Waals surface area contributed by atoms with Crippen molar-refractivity contribution in [2.24, 2.45) is 0 Å². The first-order valence-electron chi connectivity index (χ1n) is 9.01. The minimum Gasteiger partial charge on any atom is -0.465 e.